The number of rotatable bonds is 7. The molecule has 2 aromatic rings. The third-order valence-corrected chi connectivity index (χ3v) is 6.04. The van der Waals surface area contributed by atoms with Gasteiger partial charge in [0.25, 0.3) is 6.43 Å². The quantitative estimate of drug-likeness (QED) is 0.708. The van der Waals surface area contributed by atoms with Gasteiger partial charge in [-0.15, -0.1) is 0 Å². The molecule has 3 fully saturated rings. The van der Waals surface area contributed by atoms with Crippen molar-refractivity contribution in [1.82, 2.24) is 19.4 Å². The number of fused-ring (bicyclic) bond motifs is 1. The van der Waals surface area contributed by atoms with Crippen molar-refractivity contribution in [3.63, 3.8) is 0 Å². The Bertz CT molecular complexity index is 904. The molecule has 0 aromatic carbocycles. The van der Waals surface area contributed by atoms with Crippen molar-refractivity contribution in [3.05, 3.63) is 24.3 Å². The molecular weight excluding hydrogens is 390 g/mol. The number of nitrogens with zero attached hydrogens (tertiary/aromatic N) is 4. The van der Waals surface area contributed by atoms with E-state index in [9.17, 15) is 17.6 Å². The van der Waals surface area contributed by atoms with E-state index in [1.807, 2.05) is 11.1 Å². The number of pyridine rings is 1. The fourth-order valence-corrected chi connectivity index (χ4v) is 4.55. The first kappa shape index (κ1) is 18.7. The molecule has 3 atom stereocenters. The molecule has 2 saturated carbocycles. The third-order valence-electron chi connectivity index (χ3n) is 6.04. The second-order valence-corrected chi connectivity index (χ2v) is 8.08. The van der Waals surface area contributed by atoms with Crippen LogP contribution in [0.4, 0.5) is 23.4 Å². The van der Waals surface area contributed by atoms with Gasteiger partial charge in [-0.2, -0.15) is 8.78 Å². The monoisotopic (exact) mass is 411 g/mol. The van der Waals surface area contributed by atoms with Gasteiger partial charge < -0.3 is 15.0 Å². The van der Waals surface area contributed by atoms with Crippen LogP contribution in [0, 0.1) is 11.8 Å². The van der Waals surface area contributed by atoms with E-state index in [0.29, 0.717) is 42.1 Å². The number of halogens is 4. The van der Waals surface area contributed by atoms with Gasteiger partial charge in [-0.25, -0.2) is 18.7 Å². The van der Waals surface area contributed by atoms with E-state index in [0.717, 1.165) is 18.7 Å². The fraction of sp³-hybridized carbons (Fsp3) is 0.579. The smallest absolute Gasteiger partial charge is 0.387 e. The lowest BCUT2D eigenvalue weighted by molar-refractivity contribution is -0.0494. The van der Waals surface area contributed by atoms with E-state index in [-0.39, 0.29) is 24.2 Å². The van der Waals surface area contributed by atoms with E-state index in [2.05, 4.69) is 14.3 Å². The Morgan fingerprint density at radius 1 is 1.17 bits per heavy atom. The summed E-state index contributed by atoms with van der Waals surface area (Å²) >= 11 is 0. The second-order valence-electron chi connectivity index (χ2n) is 8.08. The van der Waals surface area contributed by atoms with E-state index >= 15 is 0 Å². The molecule has 0 spiro atoms. The molecule has 0 unspecified atom stereocenters. The SMILES string of the molecule is Nc1ncc(-c2cn([C@H]3[C@@H]4CN(CC(F)F)C[C@@H]43)c(C3CC3)n2)cc1OC(F)F. The van der Waals surface area contributed by atoms with Crippen LogP contribution in [0.2, 0.25) is 0 Å². The summed E-state index contributed by atoms with van der Waals surface area (Å²) in [6, 6.07) is 1.69. The number of ether oxygens (including phenoxy) is 1. The van der Waals surface area contributed by atoms with Gasteiger partial charge in [0.1, 0.15) is 5.82 Å². The third kappa shape index (κ3) is 3.54. The van der Waals surface area contributed by atoms with Crippen molar-refractivity contribution in [2.75, 3.05) is 25.4 Å². The summed E-state index contributed by atoms with van der Waals surface area (Å²) in [5.74, 6) is 1.80. The van der Waals surface area contributed by atoms with Crippen LogP contribution in [0.25, 0.3) is 11.3 Å². The number of nitrogens with two attached hydrogens (primary N) is 1. The maximum atomic E-state index is 12.6. The summed E-state index contributed by atoms with van der Waals surface area (Å²) in [6.07, 6.45) is 3.24. The first-order valence-electron chi connectivity index (χ1n) is 9.70. The zero-order valence-corrected chi connectivity index (χ0v) is 15.5. The highest BCUT2D eigenvalue weighted by Gasteiger charge is 2.57. The minimum atomic E-state index is -2.99. The first-order chi connectivity index (χ1) is 13.9. The van der Waals surface area contributed by atoms with E-state index < -0.39 is 13.0 Å². The van der Waals surface area contributed by atoms with E-state index in [4.69, 9.17) is 10.7 Å². The van der Waals surface area contributed by atoms with Crippen LogP contribution in [0.15, 0.2) is 18.5 Å². The Morgan fingerprint density at radius 2 is 1.90 bits per heavy atom. The van der Waals surface area contributed by atoms with Crippen molar-refractivity contribution in [3.8, 4) is 17.0 Å². The highest BCUT2D eigenvalue weighted by atomic mass is 19.3. The molecule has 2 aromatic heterocycles. The van der Waals surface area contributed by atoms with Gasteiger partial charge in [-0.1, -0.05) is 0 Å². The summed E-state index contributed by atoms with van der Waals surface area (Å²) in [5.41, 5.74) is 6.81. The maximum Gasteiger partial charge on any atom is 0.387 e. The van der Waals surface area contributed by atoms with Crippen LogP contribution < -0.4 is 10.5 Å². The summed E-state index contributed by atoms with van der Waals surface area (Å²) in [6.45, 7) is -1.81. The van der Waals surface area contributed by atoms with Crippen molar-refractivity contribution >= 4 is 5.82 Å². The number of alkyl halides is 4. The number of anilines is 1. The largest absolute Gasteiger partial charge is 0.431 e. The van der Waals surface area contributed by atoms with Gasteiger partial charge >= 0.3 is 6.61 Å². The predicted molar refractivity (Wildman–Crippen MR) is 96.9 cm³/mol. The van der Waals surface area contributed by atoms with Crippen LogP contribution in [-0.2, 0) is 0 Å². The standard InChI is InChI=1S/C19H21F4N5O/c20-15(21)8-27-5-11-12(6-27)16(11)28-7-13(26-18(28)9-1-2-9)10-3-14(29-19(22)23)17(24)25-4-10/h3-4,7,9,11-12,15-16,19H,1-2,5-6,8H2,(H2,24,25)/t11-,12+,16+. The topological polar surface area (TPSA) is 69.2 Å². The molecule has 10 heteroatoms. The molecule has 2 aliphatic carbocycles. The second kappa shape index (κ2) is 6.86. The summed E-state index contributed by atoms with van der Waals surface area (Å²) in [4.78, 5) is 10.5. The number of hydrogen-bond acceptors (Lipinski definition) is 5. The minimum Gasteiger partial charge on any atom is -0.431 e. The van der Waals surface area contributed by atoms with Gasteiger partial charge in [0.05, 0.1) is 12.2 Å². The van der Waals surface area contributed by atoms with Gasteiger partial charge in [0.2, 0.25) is 0 Å². The molecule has 29 heavy (non-hydrogen) atoms. The van der Waals surface area contributed by atoms with Crippen LogP contribution in [0.1, 0.15) is 30.6 Å². The number of hydrogen-bond donors (Lipinski definition) is 1. The Kier molecular flexibility index (Phi) is 4.41. The van der Waals surface area contributed by atoms with Gasteiger partial charge in [-0.3, -0.25) is 4.90 Å². The molecule has 0 radical (unpaired) electrons. The number of nitrogen functional groups attached to an aromatic ring is 1. The molecule has 0 bridgehead atoms. The predicted octanol–water partition coefficient (Wildman–Crippen LogP) is 3.37. The van der Waals surface area contributed by atoms with E-state index in [1.165, 1.54) is 12.3 Å². The molecule has 3 heterocycles. The first-order valence-corrected chi connectivity index (χ1v) is 9.70. The average Bonchev–Trinajstić information content (AvgIpc) is 3.52. The molecular formula is C19H21F4N5O. The Hall–Kier alpha value is -2.36. The summed E-state index contributed by atoms with van der Waals surface area (Å²) in [5, 5.41) is 0. The molecule has 156 valence electrons. The van der Waals surface area contributed by atoms with Crippen LogP contribution in [0.5, 0.6) is 5.75 Å². The molecule has 1 aliphatic heterocycles. The Morgan fingerprint density at radius 3 is 2.52 bits per heavy atom. The van der Waals surface area contributed by atoms with Crippen LogP contribution in [0.3, 0.4) is 0 Å². The molecule has 6 nitrogen and oxygen atoms in total. The normalized spacial score (nSPS) is 26.3. The van der Waals surface area contributed by atoms with Crippen LogP contribution >= 0.6 is 0 Å². The Labute approximate surface area is 164 Å². The zero-order valence-electron chi connectivity index (χ0n) is 15.5. The number of imidazole rings is 1. The minimum absolute atomic E-state index is 0.105. The molecule has 3 aliphatic rings. The van der Waals surface area contributed by atoms with Crippen molar-refractivity contribution < 1.29 is 22.3 Å². The molecule has 2 N–H and O–H groups in total. The number of aromatic nitrogens is 3. The number of piperidine rings is 1. The zero-order chi connectivity index (χ0) is 20.3. The van der Waals surface area contributed by atoms with Crippen LogP contribution in [-0.4, -0.2) is 52.1 Å². The number of likely N-dealkylation sites (tertiary alicyclic amines) is 1. The Balaban J connectivity index is 1.39. The fourth-order valence-electron chi connectivity index (χ4n) is 4.55. The molecule has 5 rings (SSSR count). The van der Waals surface area contributed by atoms with E-state index in [1.54, 1.807) is 0 Å². The van der Waals surface area contributed by atoms with Gasteiger partial charge in [-0.05, 0) is 30.7 Å². The van der Waals surface area contributed by atoms with Crippen molar-refractivity contribution in [2.24, 2.45) is 11.8 Å². The highest BCUT2D eigenvalue weighted by Crippen LogP contribution is 2.57. The molecule has 1 saturated heterocycles. The molecule has 0 amide bonds. The lowest BCUT2D eigenvalue weighted by Crippen LogP contribution is -2.30. The highest BCUT2D eigenvalue weighted by molar-refractivity contribution is 5.64. The lowest BCUT2D eigenvalue weighted by atomic mass is 10.2. The summed E-state index contributed by atoms with van der Waals surface area (Å²) in [7, 11) is 0. The van der Waals surface area contributed by atoms with Gasteiger partial charge in [0.15, 0.2) is 11.6 Å². The average molecular weight is 411 g/mol. The van der Waals surface area contributed by atoms with Crippen molar-refractivity contribution in [1.29, 1.82) is 0 Å². The van der Waals surface area contributed by atoms with Gasteiger partial charge in [0, 0.05) is 43.0 Å². The van der Waals surface area contributed by atoms with Crippen molar-refractivity contribution in [2.45, 2.75) is 37.8 Å². The lowest BCUT2D eigenvalue weighted by Gasteiger charge is -2.19. The summed E-state index contributed by atoms with van der Waals surface area (Å²) < 4.78 is 57.1. The maximum absolute atomic E-state index is 12.6.